The van der Waals surface area contributed by atoms with Gasteiger partial charge < -0.3 is 30.5 Å². The highest BCUT2D eigenvalue weighted by molar-refractivity contribution is 7.46. The number of phosphoric ester groups is 1. The van der Waals surface area contributed by atoms with Crippen LogP contribution in [0.3, 0.4) is 0 Å². The number of aromatic nitrogens is 4. The van der Waals surface area contributed by atoms with Gasteiger partial charge in [-0.15, -0.1) is 0 Å². The second-order valence-corrected chi connectivity index (χ2v) is 6.83. The Hall–Kier alpha value is -1.86. The first-order chi connectivity index (χ1) is 11.6. The molecule has 1 saturated heterocycles. The molecular weight excluding hydrogens is 361 g/mol. The molecule has 0 amide bonds. The van der Waals surface area contributed by atoms with Crippen molar-refractivity contribution in [3.63, 3.8) is 0 Å². The zero-order chi connectivity index (χ0) is 18.5. The Labute approximate surface area is 139 Å². The van der Waals surface area contributed by atoms with Gasteiger partial charge in [0.25, 0.3) is 11.5 Å². The zero-order valence-corrected chi connectivity index (χ0v) is 13.8. The molecule has 0 spiro atoms. The Morgan fingerprint density at radius 3 is 2.80 bits per heavy atom. The number of aromatic amines is 1. The molecular formula is C11H17N5O8P+. The molecule has 2 aromatic rings. The number of anilines is 1. The Morgan fingerprint density at radius 1 is 1.48 bits per heavy atom. The van der Waals surface area contributed by atoms with Crippen LogP contribution in [0.1, 0.15) is 6.23 Å². The highest BCUT2D eigenvalue weighted by Gasteiger charge is 2.47. The molecule has 13 nitrogen and oxygen atoms in total. The van der Waals surface area contributed by atoms with E-state index in [4.69, 9.17) is 20.3 Å². The molecule has 3 rings (SSSR count). The average molecular weight is 378 g/mol. The van der Waals surface area contributed by atoms with Gasteiger partial charge >= 0.3 is 13.5 Å². The van der Waals surface area contributed by atoms with Crippen LogP contribution < -0.4 is 15.9 Å². The maximum Gasteiger partial charge on any atom is 0.469 e. The van der Waals surface area contributed by atoms with Crippen LogP contribution in [0.25, 0.3) is 11.2 Å². The van der Waals surface area contributed by atoms with Gasteiger partial charge in [-0.3, -0.25) is 18.9 Å². The number of fused-ring (bicyclic) bond motifs is 1. The molecule has 0 saturated carbocycles. The minimum Gasteiger partial charge on any atom is -0.387 e. The number of aliphatic hydroxyl groups excluding tert-OH is 2. The van der Waals surface area contributed by atoms with E-state index in [0.29, 0.717) is 0 Å². The van der Waals surface area contributed by atoms with Crippen molar-refractivity contribution in [2.45, 2.75) is 24.5 Å². The predicted molar refractivity (Wildman–Crippen MR) is 79.9 cm³/mol. The Balaban J connectivity index is 1.96. The number of nitrogens with two attached hydrogens (primary N) is 1. The van der Waals surface area contributed by atoms with Gasteiger partial charge in [-0.25, -0.2) is 9.13 Å². The minimum atomic E-state index is -4.76. The van der Waals surface area contributed by atoms with Crippen LogP contribution in [0.5, 0.6) is 0 Å². The third-order valence-electron chi connectivity index (χ3n) is 3.81. The summed E-state index contributed by atoms with van der Waals surface area (Å²) < 4.78 is 23.3. The smallest absolute Gasteiger partial charge is 0.387 e. The van der Waals surface area contributed by atoms with Gasteiger partial charge in [0.2, 0.25) is 11.7 Å². The van der Waals surface area contributed by atoms with Gasteiger partial charge in [0, 0.05) is 0 Å². The summed E-state index contributed by atoms with van der Waals surface area (Å²) in [6.07, 6.45) is -3.88. The SMILES string of the molecule is Cn1c[n+](C2O[C@H](COP(=O)(O)O)[C@@H](O)C2O)c2nc(N)[nH]c(=O)c21. The summed E-state index contributed by atoms with van der Waals surface area (Å²) in [7, 11) is -3.19. The molecule has 0 aromatic carbocycles. The van der Waals surface area contributed by atoms with Crippen LogP contribution in [0.4, 0.5) is 5.95 Å². The van der Waals surface area contributed by atoms with E-state index in [1.54, 1.807) is 7.05 Å². The van der Waals surface area contributed by atoms with E-state index in [1.807, 2.05) is 0 Å². The van der Waals surface area contributed by atoms with Crippen LogP contribution in [0.15, 0.2) is 11.1 Å². The molecule has 2 unspecified atom stereocenters. The van der Waals surface area contributed by atoms with E-state index < -0.39 is 44.5 Å². The first-order valence-corrected chi connectivity index (χ1v) is 8.59. The lowest BCUT2D eigenvalue weighted by Gasteiger charge is -2.14. The monoisotopic (exact) mass is 378 g/mol. The Kier molecular flexibility index (Phi) is 4.41. The number of nitrogens with zero attached hydrogens (tertiary/aromatic N) is 3. The number of rotatable bonds is 4. The molecule has 138 valence electrons. The van der Waals surface area contributed by atoms with Crippen molar-refractivity contribution in [3.05, 3.63) is 16.7 Å². The van der Waals surface area contributed by atoms with Gasteiger partial charge in [0.05, 0.1) is 13.7 Å². The summed E-state index contributed by atoms with van der Waals surface area (Å²) in [6.45, 7) is -0.638. The van der Waals surface area contributed by atoms with Crippen LogP contribution in [0.2, 0.25) is 0 Å². The number of hydrogen-bond acceptors (Lipinski definition) is 8. The molecule has 3 heterocycles. The van der Waals surface area contributed by atoms with Crippen LogP contribution in [-0.2, 0) is 20.9 Å². The lowest BCUT2D eigenvalue weighted by molar-refractivity contribution is -0.745. The number of aryl methyl sites for hydroxylation is 1. The second kappa shape index (κ2) is 6.14. The summed E-state index contributed by atoms with van der Waals surface area (Å²) in [5.74, 6) is -0.146. The van der Waals surface area contributed by atoms with E-state index in [9.17, 15) is 19.6 Å². The number of hydrogen-bond donors (Lipinski definition) is 6. The summed E-state index contributed by atoms with van der Waals surface area (Å²) in [6, 6.07) is 0. The molecule has 14 heteroatoms. The third-order valence-corrected chi connectivity index (χ3v) is 4.29. The number of H-pyrrole nitrogens is 1. The molecule has 25 heavy (non-hydrogen) atoms. The van der Waals surface area contributed by atoms with Gasteiger partial charge in [0.1, 0.15) is 18.3 Å². The molecule has 1 aliphatic heterocycles. The maximum absolute atomic E-state index is 12.0. The van der Waals surface area contributed by atoms with Crippen molar-refractivity contribution < 1.29 is 38.4 Å². The van der Waals surface area contributed by atoms with E-state index in [0.717, 1.165) is 0 Å². The Morgan fingerprint density at radius 2 is 2.16 bits per heavy atom. The number of aliphatic hydroxyl groups is 2. The third kappa shape index (κ3) is 3.30. The molecule has 7 N–H and O–H groups in total. The normalized spacial score (nSPS) is 27.2. The minimum absolute atomic E-state index is 0.108. The molecule has 4 atom stereocenters. The first kappa shape index (κ1) is 17.9. The molecule has 1 aliphatic rings. The van der Waals surface area contributed by atoms with Crippen LogP contribution in [0, 0.1) is 0 Å². The van der Waals surface area contributed by atoms with E-state index in [-0.39, 0.29) is 17.1 Å². The average Bonchev–Trinajstić information content (AvgIpc) is 2.95. The van der Waals surface area contributed by atoms with Gasteiger partial charge in [-0.05, 0) is 0 Å². The molecule has 0 radical (unpaired) electrons. The number of phosphoric acid groups is 1. The number of nitrogen functional groups attached to an aromatic ring is 1. The topological polar surface area (TPSA) is 197 Å². The van der Waals surface area contributed by atoms with Gasteiger partial charge in [0.15, 0.2) is 6.33 Å². The molecule has 1 fully saturated rings. The van der Waals surface area contributed by atoms with Gasteiger partial charge in [-0.1, -0.05) is 4.98 Å². The van der Waals surface area contributed by atoms with Crippen molar-refractivity contribution in [2.75, 3.05) is 12.3 Å². The molecule has 2 aromatic heterocycles. The molecule has 0 aliphatic carbocycles. The number of ether oxygens (including phenoxy) is 1. The van der Waals surface area contributed by atoms with Crippen molar-refractivity contribution in [3.8, 4) is 0 Å². The van der Waals surface area contributed by atoms with E-state index in [1.165, 1.54) is 15.5 Å². The second-order valence-electron chi connectivity index (χ2n) is 5.59. The van der Waals surface area contributed by atoms with Crippen molar-refractivity contribution >= 4 is 24.9 Å². The van der Waals surface area contributed by atoms with Crippen LogP contribution >= 0.6 is 7.82 Å². The highest BCUT2D eigenvalue weighted by Crippen LogP contribution is 2.37. The maximum atomic E-state index is 12.0. The summed E-state index contributed by atoms with van der Waals surface area (Å²) >= 11 is 0. The van der Waals surface area contributed by atoms with E-state index >= 15 is 0 Å². The fourth-order valence-electron chi connectivity index (χ4n) is 2.72. The lowest BCUT2D eigenvalue weighted by Crippen LogP contribution is -2.46. The van der Waals surface area contributed by atoms with Gasteiger partial charge in [-0.2, -0.15) is 0 Å². The fraction of sp³-hybridized carbons (Fsp3) is 0.545. The number of nitrogens with one attached hydrogen (secondary N) is 1. The van der Waals surface area contributed by atoms with Crippen LogP contribution in [-0.4, -0.2) is 59.5 Å². The first-order valence-electron chi connectivity index (χ1n) is 7.06. The summed E-state index contributed by atoms with van der Waals surface area (Å²) in [4.78, 5) is 35.8. The largest absolute Gasteiger partial charge is 0.469 e. The quantitative estimate of drug-likeness (QED) is 0.233. The lowest BCUT2D eigenvalue weighted by atomic mass is 10.1. The fourth-order valence-corrected chi connectivity index (χ4v) is 3.06. The zero-order valence-electron chi connectivity index (χ0n) is 12.9. The van der Waals surface area contributed by atoms with Crippen molar-refractivity contribution in [2.24, 2.45) is 7.05 Å². The number of imidazole rings is 1. The highest BCUT2D eigenvalue weighted by atomic mass is 31.2. The predicted octanol–water partition coefficient (Wildman–Crippen LogP) is -3.14. The van der Waals surface area contributed by atoms with E-state index in [2.05, 4.69) is 14.5 Å². The summed E-state index contributed by atoms with van der Waals surface area (Å²) in [5.41, 5.74) is 5.31. The molecule has 0 bridgehead atoms. The van der Waals surface area contributed by atoms with Crippen molar-refractivity contribution in [1.29, 1.82) is 0 Å². The summed E-state index contributed by atoms with van der Waals surface area (Å²) in [5, 5.41) is 20.3. The standard InChI is InChI=1S/C11H16N5O8P/c1-15-3-16(8-5(15)9(19)14-11(12)13-8)10-7(18)6(17)4(24-10)2-23-25(20,21)22/h3-4,6-7,10,17-18H,2H2,1H3,(H4-,12,13,14,19,20,21,22)/p+1/t4-,6-,7?,10?/m1/s1. The van der Waals surface area contributed by atoms with Crippen molar-refractivity contribution in [1.82, 2.24) is 14.5 Å². The Bertz CT molecular complexity index is 906.